The maximum absolute atomic E-state index is 5.73. The van der Waals surface area contributed by atoms with Gasteiger partial charge in [0.05, 0.1) is 12.8 Å². The Balaban J connectivity index is 1.90. The minimum Gasteiger partial charge on any atom is -0.493 e. The van der Waals surface area contributed by atoms with E-state index in [1.807, 2.05) is 35.1 Å². The van der Waals surface area contributed by atoms with Gasteiger partial charge in [0.15, 0.2) is 0 Å². The van der Waals surface area contributed by atoms with Crippen LogP contribution >= 0.6 is 0 Å². The zero-order valence-corrected chi connectivity index (χ0v) is 12.5. The maximum Gasteiger partial charge on any atom is 0.121 e. The van der Waals surface area contributed by atoms with Crippen molar-refractivity contribution in [1.82, 2.24) is 9.78 Å². The molecule has 0 unspecified atom stereocenters. The van der Waals surface area contributed by atoms with Gasteiger partial charge in [-0.3, -0.25) is 4.68 Å². The van der Waals surface area contributed by atoms with Crippen LogP contribution in [-0.4, -0.2) is 16.4 Å². The predicted molar refractivity (Wildman–Crippen MR) is 82.0 cm³/mol. The van der Waals surface area contributed by atoms with Gasteiger partial charge in [0.25, 0.3) is 0 Å². The molecule has 2 rings (SSSR count). The van der Waals surface area contributed by atoms with Crippen LogP contribution in [0.25, 0.3) is 0 Å². The van der Waals surface area contributed by atoms with E-state index < -0.39 is 0 Å². The fraction of sp³-hybridized carbons (Fsp3) is 0.438. The summed E-state index contributed by atoms with van der Waals surface area (Å²) in [5.41, 5.74) is 2.25. The SMILES string of the molecule is CCn1cc(CNc2cccc(OCC(C)C)c2)cn1. The second-order valence-corrected chi connectivity index (χ2v) is 5.29. The second-order valence-electron chi connectivity index (χ2n) is 5.29. The number of nitrogens with one attached hydrogen (secondary N) is 1. The summed E-state index contributed by atoms with van der Waals surface area (Å²) in [6, 6.07) is 8.08. The Morgan fingerprint density at radius 3 is 2.90 bits per heavy atom. The number of ether oxygens (including phenoxy) is 1. The summed E-state index contributed by atoms with van der Waals surface area (Å²) in [6.45, 7) is 8.79. The van der Waals surface area contributed by atoms with Crippen LogP contribution in [0, 0.1) is 5.92 Å². The summed E-state index contributed by atoms with van der Waals surface area (Å²) >= 11 is 0. The molecule has 0 saturated carbocycles. The molecule has 1 aromatic carbocycles. The summed E-state index contributed by atoms with van der Waals surface area (Å²) < 4.78 is 7.65. The zero-order valence-electron chi connectivity index (χ0n) is 12.5. The van der Waals surface area contributed by atoms with Gasteiger partial charge in [0.2, 0.25) is 0 Å². The first-order valence-electron chi connectivity index (χ1n) is 7.15. The molecule has 0 spiro atoms. The summed E-state index contributed by atoms with van der Waals surface area (Å²) in [5, 5.41) is 7.66. The number of hydrogen-bond donors (Lipinski definition) is 1. The van der Waals surface area contributed by atoms with Crippen molar-refractivity contribution in [3.8, 4) is 5.75 Å². The Labute approximate surface area is 120 Å². The molecule has 0 bridgehead atoms. The normalized spacial score (nSPS) is 10.8. The van der Waals surface area contributed by atoms with Gasteiger partial charge in [-0.25, -0.2) is 0 Å². The van der Waals surface area contributed by atoms with Crippen molar-refractivity contribution in [1.29, 1.82) is 0 Å². The number of anilines is 1. The van der Waals surface area contributed by atoms with Crippen LogP contribution in [0.5, 0.6) is 5.75 Å². The molecule has 2 aromatic rings. The third kappa shape index (κ3) is 4.30. The molecular weight excluding hydrogens is 250 g/mol. The fourth-order valence-electron chi connectivity index (χ4n) is 1.83. The number of nitrogens with zero attached hydrogens (tertiary/aromatic N) is 2. The Kier molecular flexibility index (Phi) is 5.04. The van der Waals surface area contributed by atoms with Crippen LogP contribution < -0.4 is 10.1 Å². The van der Waals surface area contributed by atoms with Crippen molar-refractivity contribution >= 4 is 5.69 Å². The lowest BCUT2D eigenvalue weighted by molar-refractivity contribution is 0.271. The van der Waals surface area contributed by atoms with E-state index in [4.69, 9.17) is 4.74 Å². The molecule has 0 aliphatic carbocycles. The zero-order chi connectivity index (χ0) is 14.4. The summed E-state index contributed by atoms with van der Waals surface area (Å²) in [4.78, 5) is 0. The van der Waals surface area contributed by atoms with Gasteiger partial charge in [-0.2, -0.15) is 5.10 Å². The van der Waals surface area contributed by atoms with Crippen LogP contribution in [0.2, 0.25) is 0 Å². The molecule has 1 aromatic heterocycles. The molecule has 0 aliphatic rings. The van der Waals surface area contributed by atoms with E-state index in [2.05, 4.69) is 37.4 Å². The first kappa shape index (κ1) is 14.4. The van der Waals surface area contributed by atoms with Crippen molar-refractivity contribution in [2.24, 2.45) is 5.92 Å². The van der Waals surface area contributed by atoms with Crippen LogP contribution in [0.15, 0.2) is 36.7 Å². The van der Waals surface area contributed by atoms with Crippen LogP contribution in [0.1, 0.15) is 26.3 Å². The highest BCUT2D eigenvalue weighted by molar-refractivity contribution is 5.48. The topological polar surface area (TPSA) is 39.1 Å². The first-order valence-corrected chi connectivity index (χ1v) is 7.15. The Bertz CT molecular complexity index is 534. The lowest BCUT2D eigenvalue weighted by Crippen LogP contribution is -2.05. The molecule has 0 atom stereocenters. The van der Waals surface area contributed by atoms with E-state index in [9.17, 15) is 0 Å². The third-order valence-electron chi connectivity index (χ3n) is 2.92. The van der Waals surface area contributed by atoms with E-state index >= 15 is 0 Å². The summed E-state index contributed by atoms with van der Waals surface area (Å²) in [5.74, 6) is 1.44. The largest absolute Gasteiger partial charge is 0.493 e. The Morgan fingerprint density at radius 2 is 2.20 bits per heavy atom. The van der Waals surface area contributed by atoms with E-state index in [0.29, 0.717) is 5.92 Å². The van der Waals surface area contributed by atoms with Crippen molar-refractivity contribution in [3.63, 3.8) is 0 Å². The van der Waals surface area contributed by atoms with Gasteiger partial charge in [-0.15, -0.1) is 0 Å². The number of benzene rings is 1. The Morgan fingerprint density at radius 1 is 1.35 bits per heavy atom. The molecule has 1 N–H and O–H groups in total. The van der Waals surface area contributed by atoms with Crippen LogP contribution in [0.3, 0.4) is 0 Å². The standard InChI is InChI=1S/C16H23N3O/c1-4-19-11-14(10-18-19)9-17-15-6-5-7-16(8-15)20-12-13(2)3/h5-8,10-11,13,17H,4,9,12H2,1-3H3. The van der Waals surface area contributed by atoms with Crippen LogP contribution in [-0.2, 0) is 13.1 Å². The molecule has 4 nitrogen and oxygen atoms in total. The maximum atomic E-state index is 5.73. The minimum atomic E-state index is 0.534. The van der Waals surface area contributed by atoms with E-state index in [1.165, 1.54) is 5.56 Å². The molecule has 0 fully saturated rings. The highest BCUT2D eigenvalue weighted by atomic mass is 16.5. The Hall–Kier alpha value is -1.97. The molecule has 4 heteroatoms. The highest BCUT2D eigenvalue weighted by Gasteiger charge is 2.01. The predicted octanol–water partition coefficient (Wildman–Crippen LogP) is 3.55. The second kappa shape index (κ2) is 6.98. The average molecular weight is 273 g/mol. The monoisotopic (exact) mass is 273 g/mol. The quantitative estimate of drug-likeness (QED) is 0.838. The molecule has 0 amide bonds. The molecular formula is C16H23N3O. The lowest BCUT2D eigenvalue weighted by atomic mass is 10.2. The van der Waals surface area contributed by atoms with Gasteiger partial charge >= 0.3 is 0 Å². The van der Waals surface area contributed by atoms with Gasteiger partial charge < -0.3 is 10.1 Å². The number of aromatic nitrogens is 2. The number of aryl methyl sites for hydroxylation is 1. The van der Waals surface area contributed by atoms with Gasteiger partial charge in [0.1, 0.15) is 5.75 Å². The van der Waals surface area contributed by atoms with Crippen LogP contribution in [0.4, 0.5) is 5.69 Å². The summed E-state index contributed by atoms with van der Waals surface area (Å²) in [6.07, 6.45) is 3.96. The molecule has 108 valence electrons. The smallest absolute Gasteiger partial charge is 0.121 e. The minimum absolute atomic E-state index is 0.534. The van der Waals surface area contributed by atoms with Gasteiger partial charge in [0, 0.05) is 36.6 Å². The van der Waals surface area contributed by atoms with E-state index in [1.54, 1.807) is 0 Å². The van der Waals surface area contributed by atoms with E-state index in [0.717, 1.165) is 31.1 Å². The molecule has 0 saturated heterocycles. The summed E-state index contributed by atoms with van der Waals surface area (Å²) in [7, 11) is 0. The highest BCUT2D eigenvalue weighted by Crippen LogP contribution is 2.18. The molecule has 20 heavy (non-hydrogen) atoms. The van der Waals surface area contributed by atoms with Gasteiger partial charge in [-0.1, -0.05) is 19.9 Å². The third-order valence-corrected chi connectivity index (χ3v) is 2.92. The van der Waals surface area contributed by atoms with E-state index in [-0.39, 0.29) is 0 Å². The van der Waals surface area contributed by atoms with Crippen molar-refractivity contribution in [2.45, 2.75) is 33.9 Å². The van der Waals surface area contributed by atoms with Crippen molar-refractivity contribution in [2.75, 3.05) is 11.9 Å². The molecule has 0 radical (unpaired) electrons. The molecule has 0 aliphatic heterocycles. The number of hydrogen-bond acceptors (Lipinski definition) is 3. The average Bonchev–Trinajstić information content (AvgIpc) is 2.91. The van der Waals surface area contributed by atoms with Gasteiger partial charge in [-0.05, 0) is 25.0 Å². The lowest BCUT2D eigenvalue weighted by Gasteiger charge is -2.10. The molecule has 1 heterocycles. The first-order chi connectivity index (χ1) is 9.67. The van der Waals surface area contributed by atoms with Crippen molar-refractivity contribution < 1.29 is 4.74 Å². The number of rotatable bonds is 7. The fourth-order valence-corrected chi connectivity index (χ4v) is 1.83. The van der Waals surface area contributed by atoms with Crippen molar-refractivity contribution in [3.05, 3.63) is 42.2 Å².